The van der Waals surface area contributed by atoms with Crippen molar-refractivity contribution in [3.8, 4) is 11.5 Å². The zero-order valence-corrected chi connectivity index (χ0v) is 15.6. The minimum absolute atomic E-state index is 0.359. The van der Waals surface area contributed by atoms with Crippen LogP contribution in [0.3, 0.4) is 0 Å². The summed E-state index contributed by atoms with van der Waals surface area (Å²) < 4.78 is 15.9. The molecular weight excluding hydrogens is 364 g/mol. The van der Waals surface area contributed by atoms with Crippen molar-refractivity contribution in [3.05, 3.63) is 18.2 Å². The topological polar surface area (TPSA) is 103 Å². The van der Waals surface area contributed by atoms with E-state index in [1.54, 1.807) is 18.2 Å². The standard InChI is InChI=1S/C20H24N2O6/c23-18(11-28-19(24)9-14-8-12-1-2-13(14)7-12)22-20(25)21-15-3-4-16-17(10-15)27-6-5-26-16/h3-4,10,12-14H,1-2,5-9,11H2,(H2,21,22,23,25)/t12-,13+,14-/m0/s1. The van der Waals surface area contributed by atoms with Gasteiger partial charge >= 0.3 is 12.0 Å². The molecule has 2 fully saturated rings. The molecule has 2 N–H and O–H groups in total. The fourth-order valence-corrected chi connectivity index (χ4v) is 4.49. The lowest BCUT2D eigenvalue weighted by Crippen LogP contribution is -2.37. The van der Waals surface area contributed by atoms with Crippen LogP contribution in [0.4, 0.5) is 10.5 Å². The van der Waals surface area contributed by atoms with Crippen LogP contribution >= 0.6 is 0 Å². The second kappa shape index (κ2) is 8.08. The highest BCUT2D eigenvalue weighted by Crippen LogP contribution is 2.49. The Morgan fingerprint density at radius 1 is 1.07 bits per heavy atom. The molecule has 0 saturated heterocycles. The van der Waals surface area contributed by atoms with Crippen molar-refractivity contribution in [1.29, 1.82) is 0 Å². The highest BCUT2D eigenvalue weighted by atomic mass is 16.6. The van der Waals surface area contributed by atoms with Gasteiger partial charge in [-0.2, -0.15) is 0 Å². The number of carbonyl (C=O) groups excluding carboxylic acids is 3. The van der Waals surface area contributed by atoms with E-state index in [0.29, 0.717) is 48.7 Å². The highest BCUT2D eigenvalue weighted by molar-refractivity contribution is 6.02. The first-order chi connectivity index (χ1) is 13.6. The van der Waals surface area contributed by atoms with Crippen LogP contribution < -0.4 is 20.1 Å². The third-order valence-electron chi connectivity index (χ3n) is 5.73. The maximum atomic E-state index is 12.0. The molecule has 1 aromatic rings. The fraction of sp³-hybridized carbons (Fsp3) is 0.550. The van der Waals surface area contributed by atoms with Gasteiger partial charge in [-0.3, -0.25) is 14.9 Å². The third kappa shape index (κ3) is 4.37. The number of nitrogens with one attached hydrogen (secondary N) is 2. The molecule has 1 aliphatic heterocycles. The summed E-state index contributed by atoms with van der Waals surface area (Å²) >= 11 is 0. The molecule has 0 radical (unpaired) electrons. The van der Waals surface area contributed by atoms with Gasteiger partial charge < -0.3 is 19.5 Å². The van der Waals surface area contributed by atoms with Crippen LogP contribution in [0.5, 0.6) is 11.5 Å². The second-order valence-corrected chi connectivity index (χ2v) is 7.66. The van der Waals surface area contributed by atoms with Gasteiger partial charge in [0.1, 0.15) is 13.2 Å². The van der Waals surface area contributed by atoms with Gasteiger partial charge in [0.2, 0.25) is 0 Å². The van der Waals surface area contributed by atoms with E-state index >= 15 is 0 Å². The molecule has 150 valence electrons. The molecule has 3 aliphatic rings. The van der Waals surface area contributed by atoms with E-state index < -0.39 is 18.5 Å². The first-order valence-electron chi connectivity index (χ1n) is 9.73. The number of carbonyl (C=O) groups is 3. The number of anilines is 1. The van der Waals surface area contributed by atoms with E-state index in [-0.39, 0.29) is 5.97 Å². The Morgan fingerprint density at radius 3 is 2.64 bits per heavy atom. The monoisotopic (exact) mass is 388 g/mol. The van der Waals surface area contributed by atoms with Crippen LogP contribution in [0.25, 0.3) is 0 Å². The number of rotatable bonds is 5. The number of benzene rings is 1. The maximum Gasteiger partial charge on any atom is 0.325 e. The zero-order valence-electron chi connectivity index (χ0n) is 15.6. The largest absolute Gasteiger partial charge is 0.486 e. The Kier molecular flexibility index (Phi) is 5.36. The zero-order chi connectivity index (χ0) is 19.5. The third-order valence-corrected chi connectivity index (χ3v) is 5.73. The van der Waals surface area contributed by atoms with Crippen LogP contribution in [0.15, 0.2) is 18.2 Å². The van der Waals surface area contributed by atoms with Gasteiger partial charge in [-0.1, -0.05) is 6.42 Å². The number of fused-ring (bicyclic) bond motifs is 3. The second-order valence-electron chi connectivity index (χ2n) is 7.66. The molecule has 1 aromatic carbocycles. The summed E-state index contributed by atoms with van der Waals surface area (Å²) in [6, 6.07) is 4.25. The summed E-state index contributed by atoms with van der Waals surface area (Å²) in [6.45, 7) is 0.457. The average molecular weight is 388 g/mol. The van der Waals surface area contributed by atoms with E-state index in [1.807, 2.05) is 0 Å². The van der Waals surface area contributed by atoms with Gasteiger partial charge in [0.15, 0.2) is 18.1 Å². The van der Waals surface area contributed by atoms with Gasteiger partial charge in [0.25, 0.3) is 5.91 Å². The molecule has 8 nitrogen and oxygen atoms in total. The van der Waals surface area contributed by atoms with E-state index in [2.05, 4.69) is 10.6 Å². The number of urea groups is 1. The molecule has 2 aliphatic carbocycles. The van der Waals surface area contributed by atoms with Gasteiger partial charge in [-0.25, -0.2) is 4.79 Å². The minimum Gasteiger partial charge on any atom is -0.486 e. The smallest absolute Gasteiger partial charge is 0.325 e. The van der Waals surface area contributed by atoms with E-state index in [4.69, 9.17) is 14.2 Å². The van der Waals surface area contributed by atoms with Crippen molar-refractivity contribution >= 4 is 23.6 Å². The van der Waals surface area contributed by atoms with Crippen LogP contribution in [-0.4, -0.2) is 37.7 Å². The van der Waals surface area contributed by atoms with Crippen molar-refractivity contribution in [2.75, 3.05) is 25.1 Å². The fourth-order valence-electron chi connectivity index (χ4n) is 4.49. The van der Waals surface area contributed by atoms with Crippen molar-refractivity contribution in [2.45, 2.75) is 32.1 Å². The van der Waals surface area contributed by atoms with Crippen molar-refractivity contribution in [2.24, 2.45) is 17.8 Å². The number of ether oxygens (including phenoxy) is 3. The number of imide groups is 1. The first-order valence-corrected chi connectivity index (χ1v) is 9.73. The predicted octanol–water partition coefficient (Wildman–Crippen LogP) is 2.48. The van der Waals surface area contributed by atoms with E-state index in [9.17, 15) is 14.4 Å². The Hall–Kier alpha value is -2.77. The number of hydrogen-bond donors (Lipinski definition) is 2. The molecule has 3 atom stereocenters. The number of esters is 1. The first kappa shape index (κ1) is 18.6. The molecule has 0 unspecified atom stereocenters. The predicted molar refractivity (Wildman–Crippen MR) is 99.1 cm³/mol. The van der Waals surface area contributed by atoms with Crippen molar-refractivity contribution in [1.82, 2.24) is 5.32 Å². The summed E-state index contributed by atoms with van der Waals surface area (Å²) in [4.78, 5) is 35.8. The molecular formula is C20H24N2O6. The molecule has 1 heterocycles. The quantitative estimate of drug-likeness (QED) is 0.751. The SMILES string of the molecule is O=C(COC(=O)C[C@@H]1C[C@H]2CC[C@@H]1C2)NC(=O)Nc1ccc2c(c1)OCCO2. The Labute approximate surface area is 162 Å². The van der Waals surface area contributed by atoms with Crippen LogP contribution in [-0.2, 0) is 14.3 Å². The molecule has 4 rings (SSSR count). The summed E-state index contributed by atoms with van der Waals surface area (Å²) in [7, 11) is 0. The molecule has 0 aromatic heterocycles. The van der Waals surface area contributed by atoms with Crippen LogP contribution in [0.2, 0.25) is 0 Å². The lowest BCUT2D eigenvalue weighted by atomic mass is 9.86. The van der Waals surface area contributed by atoms with Gasteiger partial charge in [-0.15, -0.1) is 0 Å². The number of hydrogen-bond acceptors (Lipinski definition) is 6. The Morgan fingerprint density at radius 2 is 1.89 bits per heavy atom. The maximum absolute atomic E-state index is 12.0. The summed E-state index contributed by atoms with van der Waals surface area (Å²) in [5, 5.41) is 4.69. The molecule has 2 saturated carbocycles. The van der Waals surface area contributed by atoms with Crippen molar-refractivity contribution < 1.29 is 28.6 Å². The van der Waals surface area contributed by atoms with Crippen LogP contribution in [0.1, 0.15) is 32.1 Å². The molecule has 28 heavy (non-hydrogen) atoms. The van der Waals surface area contributed by atoms with Gasteiger partial charge in [0.05, 0.1) is 0 Å². The van der Waals surface area contributed by atoms with Crippen molar-refractivity contribution in [3.63, 3.8) is 0 Å². The molecule has 2 bridgehead atoms. The Balaban J connectivity index is 1.18. The van der Waals surface area contributed by atoms with Gasteiger partial charge in [-0.05, 0) is 49.1 Å². The summed E-state index contributed by atoms with van der Waals surface area (Å²) in [5.74, 6) is 1.86. The van der Waals surface area contributed by atoms with Gasteiger partial charge in [0, 0.05) is 18.2 Å². The Bertz CT molecular complexity index is 780. The van der Waals surface area contributed by atoms with E-state index in [1.165, 1.54) is 19.3 Å². The lowest BCUT2D eigenvalue weighted by molar-refractivity contribution is -0.149. The minimum atomic E-state index is -0.703. The van der Waals surface area contributed by atoms with E-state index in [0.717, 1.165) is 12.3 Å². The number of amides is 3. The lowest BCUT2D eigenvalue weighted by Gasteiger charge is -2.20. The summed E-state index contributed by atoms with van der Waals surface area (Å²) in [6.07, 6.45) is 5.14. The average Bonchev–Trinajstić information content (AvgIpc) is 3.29. The normalized spacial score (nSPS) is 24.5. The molecule has 3 amide bonds. The summed E-state index contributed by atoms with van der Waals surface area (Å²) in [5.41, 5.74) is 0.461. The molecule has 0 spiro atoms. The highest BCUT2D eigenvalue weighted by Gasteiger charge is 2.40. The molecule has 8 heteroatoms. The van der Waals surface area contributed by atoms with Crippen LogP contribution in [0, 0.1) is 17.8 Å².